The number of amides is 2. The lowest BCUT2D eigenvalue weighted by Crippen LogP contribution is -2.53. The Bertz CT molecular complexity index is 266. The monoisotopic (exact) mass is 248 g/mol. The Hall–Kier alpha value is -0.950. The maximum absolute atomic E-state index is 11.4. The molecule has 0 spiro atoms. The Kier molecular flexibility index (Phi) is 4.88. The van der Waals surface area contributed by atoms with E-state index < -0.39 is 24.1 Å². The number of carbonyl (C=O) groups excluding carboxylic acids is 1. The highest BCUT2D eigenvalue weighted by Crippen LogP contribution is 2.16. The molecule has 0 aromatic carbocycles. The Labute approximate surface area is 97.8 Å². The van der Waals surface area contributed by atoms with Crippen LogP contribution in [0, 0.1) is 0 Å². The summed E-state index contributed by atoms with van der Waals surface area (Å²) < 4.78 is 0. The molecule has 1 saturated heterocycles. The standard InChI is InChI=1S/C9H16N2O4S/c1-5(12)7(8(13)14)11-9(15)10-6-2-3-16-4-6/h5-7,12H,2-4H2,1H3,(H,13,14)(H2,10,11,15). The number of aliphatic carboxylic acids is 1. The summed E-state index contributed by atoms with van der Waals surface area (Å²) in [6, 6.07) is -1.72. The van der Waals surface area contributed by atoms with Crippen LogP contribution in [0.4, 0.5) is 4.79 Å². The lowest BCUT2D eigenvalue weighted by atomic mass is 10.2. The van der Waals surface area contributed by atoms with Gasteiger partial charge >= 0.3 is 12.0 Å². The van der Waals surface area contributed by atoms with E-state index in [1.807, 2.05) is 0 Å². The number of hydrogen-bond acceptors (Lipinski definition) is 4. The quantitative estimate of drug-likeness (QED) is 0.544. The number of hydrogen-bond donors (Lipinski definition) is 4. The van der Waals surface area contributed by atoms with Crippen LogP contribution >= 0.6 is 11.8 Å². The van der Waals surface area contributed by atoms with Gasteiger partial charge in [0.05, 0.1) is 6.10 Å². The van der Waals surface area contributed by atoms with E-state index in [9.17, 15) is 9.59 Å². The van der Waals surface area contributed by atoms with Gasteiger partial charge in [0.15, 0.2) is 6.04 Å². The van der Waals surface area contributed by atoms with Crippen LogP contribution in [0.1, 0.15) is 13.3 Å². The lowest BCUT2D eigenvalue weighted by Gasteiger charge is -2.19. The number of nitrogens with one attached hydrogen (secondary N) is 2. The minimum Gasteiger partial charge on any atom is -0.480 e. The van der Waals surface area contributed by atoms with Gasteiger partial charge in [0.2, 0.25) is 0 Å². The third kappa shape index (κ3) is 3.90. The molecule has 0 bridgehead atoms. The first-order chi connectivity index (χ1) is 7.50. The molecule has 1 aliphatic heterocycles. The fourth-order valence-electron chi connectivity index (χ4n) is 1.41. The molecular weight excluding hydrogens is 232 g/mol. The van der Waals surface area contributed by atoms with Gasteiger partial charge in [0, 0.05) is 11.8 Å². The van der Waals surface area contributed by atoms with Gasteiger partial charge in [-0.25, -0.2) is 9.59 Å². The van der Waals surface area contributed by atoms with Crippen molar-refractivity contribution in [2.75, 3.05) is 11.5 Å². The van der Waals surface area contributed by atoms with Crippen LogP contribution in [0.25, 0.3) is 0 Å². The third-order valence-electron chi connectivity index (χ3n) is 2.30. The average molecular weight is 248 g/mol. The Balaban J connectivity index is 2.38. The Morgan fingerprint density at radius 2 is 2.19 bits per heavy atom. The molecule has 0 aromatic rings. The molecule has 1 fully saturated rings. The number of urea groups is 1. The van der Waals surface area contributed by atoms with Crippen molar-refractivity contribution in [1.29, 1.82) is 0 Å². The van der Waals surface area contributed by atoms with Crippen LogP contribution in [-0.2, 0) is 4.79 Å². The number of carboxylic acids is 1. The van der Waals surface area contributed by atoms with Crippen molar-refractivity contribution in [3.63, 3.8) is 0 Å². The second-order valence-electron chi connectivity index (χ2n) is 3.73. The number of carboxylic acid groups (broad SMARTS) is 1. The zero-order valence-electron chi connectivity index (χ0n) is 8.97. The summed E-state index contributed by atoms with van der Waals surface area (Å²) in [5.74, 6) is 0.606. The highest BCUT2D eigenvalue weighted by atomic mass is 32.2. The summed E-state index contributed by atoms with van der Waals surface area (Å²) in [6.45, 7) is 1.32. The molecule has 0 saturated carbocycles. The van der Waals surface area contributed by atoms with Gasteiger partial charge in [0.1, 0.15) is 0 Å². The van der Waals surface area contributed by atoms with E-state index in [1.165, 1.54) is 6.92 Å². The van der Waals surface area contributed by atoms with Crippen molar-refractivity contribution < 1.29 is 19.8 Å². The first kappa shape index (κ1) is 13.1. The van der Waals surface area contributed by atoms with Gasteiger partial charge in [-0.3, -0.25) is 0 Å². The third-order valence-corrected chi connectivity index (χ3v) is 3.46. The molecule has 7 heteroatoms. The van der Waals surface area contributed by atoms with Crippen LogP contribution < -0.4 is 10.6 Å². The largest absolute Gasteiger partial charge is 0.480 e. The molecule has 1 aliphatic rings. The van der Waals surface area contributed by atoms with Crippen LogP contribution in [0.15, 0.2) is 0 Å². The molecule has 4 N–H and O–H groups in total. The number of rotatable bonds is 4. The maximum atomic E-state index is 11.4. The molecule has 3 unspecified atom stereocenters. The molecule has 16 heavy (non-hydrogen) atoms. The molecule has 6 nitrogen and oxygen atoms in total. The average Bonchev–Trinajstić information content (AvgIpc) is 2.65. The Morgan fingerprint density at radius 3 is 2.62 bits per heavy atom. The Morgan fingerprint density at radius 1 is 1.50 bits per heavy atom. The molecule has 0 aromatic heterocycles. The van der Waals surface area contributed by atoms with Gasteiger partial charge in [-0.05, 0) is 19.1 Å². The SMILES string of the molecule is CC(O)C(NC(=O)NC1CCSC1)C(=O)O. The summed E-state index contributed by atoms with van der Waals surface area (Å²) >= 11 is 1.75. The van der Waals surface area contributed by atoms with E-state index >= 15 is 0 Å². The van der Waals surface area contributed by atoms with E-state index in [0.29, 0.717) is 0 Å². The predicted molar refractivity (Wildman–Crippen MR) is 60.5 cm³/mol. The highest BCUT2D eigenvalue weighted by Gasteiger charge is 2.26. The van der Waals surface area contributed by atoms with Crippen LogP contribution in [0.3, 0.4) is 0 Å². The smallest absolute Gasteiger partial charge is 0.328 e. The maximum Gasteiger partial charge on any atom is 0.328 e. The van der Waals surface area contributed by atoms with Gasteiger partial charge in [-0.15, -0.1) is 0 Å². The van der Waals surface area contributed by atoms with Gasteiger partial charge in [0.25, 0.3) is 0 Å². The molecule has 1 heterocycles. The molecule has 2 amide bonds. The van der Waals surface area contributed by atoms with Crippen molar-refractivity contribution in [3.05, 3.63) is 0 Å². The van der Waals surface area contributed by atoms with Crippen molar-refractivity contribution >= 4 is 23.8 Å². The second-order valence-corrected chi connectivity index (χ2v) is 4.88. The van der Waals surface area contributed by atoms with Crippen molar-refractivity contribution in [2.45, 2.75) is 31.5 Å². The summed E-state index contributed by atoms with van der Waals surface area (Å²) in [7, 11) is 0. The van der Waals surface area contributed by atoms with E-state index in [2.05, 4.69) is 10.6 Å². The highest BCUT2D eigenvalue weighted by molar-refractivity contribution is 7.99. The topological polar surface area (TPSA) is 98.7 Å². The van der Waals surface area contributed by atoms with Gasteiger partial charge < -0.3 is 20.8 Å². The van der Waals surface area contributed by atoms with E-state index in [0.717, 1.165) is 17.9 Å². The van der Waals surface area contributed by atoms with Crippen molar-refractivity contribution in [1.82, 2.24) is 10.6 Å². The molecule has 92 valence electrons. The molecule has 0 radical (unpaired) electrons. The van der Waals surface area contributed by atoms with Crippen LogP contribution in [-0.4, -0.2) is 51.9 Å². The minimum atomic E-state index is -1.27. The fraction of sp³-hybridized carbons (Fsp3) is 0.778. The molecular formula is C9H16N2O4S. The normalized spacial score (nSPS) is 23.5. The zero-order chi connectivity index (χ0) is 12.1. The molecule has 1 rings (SSSR count). The molecule has 0 aliphatic carbocycles. The zero-order valence-corrected chi connectivity index (χ0v) is 9.79. The van der Waals surface area contributed by atoms with E-state index in [1.54, 1.807) is 11.8 Å². The van der Waals surface area contributed by atoms with E-state index in [-0.39, 0.29) is 6.04 Å². The number of aliphatic hydroxyl groups excluding tert-OH is 1. The summed E-state index contributed by atoms with van der Waals surface area (Å²) in [5.41, 5.74) is 0. The number of thioether (sulfide) groups is 1. The molecule has 3 atom stereocenters. The number of carbonyl (C=O) groups is 2. The van der Waals surface area contributed by atoms with Crippen LogP contribution in [0.2, 0.25) is 0 Å². The number of aliphatic hydroxyl groups is 1. The van der Waals surface area contributed by atoms with E-state index in [4.69, 9.17) is 10.2 Å². The van der Waals surface area contributed by atoms with Crippen molar-refractivity contribution in [3.8, 4) is 0 Å². The fourth-order valence-corrected chi connectivity index (χ4v) is 2.56. The first-order valence-corrected chi connectivity index (χ1v) is 6.22. The summed E-state index contributed by atoms with van der Waals surface area (Å²) in [6.07, 6.45) is -0.231. The summed E-state index contributed by atoms with van der Waals surface area (Å²) in [5, 5.41) is 22.8. The van der Waals surface area contributed by atoms with Gasteiger partial charge in [-0.1, -0.05) is 0 Å². The second kappa shape index (κ2) is 5.95. The van der Waals surface area contributed by atoms with Crippen LogP contribution in [0.5, 0.6) is 0 Å². The first-order valence-electron chi connectivity index (χ1n) is 5.06. The lowest BCUT2D eigenvalue weighted by molar-refractivity contribution is -0.141. The predicted octanol–water partition coefficient (Wildman–Crippen LogP) is -0.375. The summed E-state index contributed by atoms with van der Waals surface area (Å²) in [4.78, 5) is 22.1. The minimum absolute atomic E-state index is 0.0912. The van der Waals surface area contributed by atoms with Gasteiger partial charge in [-0.2, -0.15) is 11.8 Å². The van der Waals surface area contributed by atoms with Crippen molar-refractivity contribution in [2.24, 2.45) is 0 Å².